The fourth-order valence-corrected chi connectivity index (χ4v) is 2.14. The van der Waals surface area contributed by atoms with Crippen molar-refractivity contribution >= 4 is 5.91 Å². The Bertz CT molecular complexity index is 393. The quantitative estimate of drug-likeness (QED) is 0.790. The van der Waals surface area contributed by atoms with Crippen LogP contribution in [-0.2, 0) is 11.3 Å². The van der Waals surface area contributed by atoms with Crippen molar-refractivity contribution in [1.82, 2.24) is 19.8 Å². The van der Waals surface area contributed by atoms with Gasteiger partial charge in [-0.05, 0) is 26.7 Å². The number of amides is 1. The van der Waals surface area contributed by atoms with Gasteiger partial charge in [0.15, 0.2) is 0 Å². The van der Waals surface area contributed by atoms with Gasteiger partial charge in [-0.2, -0.15) is 0 Å². The van der Waals surface area contributed by atoms with Gasteiger partial charge >= 0.3 is 0 Å². The molecule has 1 aromatic rings. The number of carbonyl (C=O) groups is 1. The monoisotopic (exact) mass is 250 g/mol. The van der Waals surface area contributed by atoms with Gasteiger partial charge in [0.1, 0.15) is 0 Å². The van der Waals surface area contributed by atoms with Gasteiger partial charge in [0.25, 0.3) is 0 Å². The molecule has 1 heterocycles. The highest BCUT2D eigenvalue weighted by Gasteiger charge is 2.24. The van der Waals surface area contributed by atoms with Crippen LogP contribution in [-0.4, -0.2) is 40.0 Å². The number of likely N-dealkylation sites (N-methyl/N-ethyl adjacent to an activating group) is 1. The van der Waals surface area contributed by atoms with Crippen molar-refractivity contribution in [3.63, 3.8) is 0 Å². The van der Waals surface area contributed by atoms with Crippen LogP contribution >= 0.6 is 0 Å². The summed E-state index contributed by atoms with van der Waals surface area (Å²) in [6.07, 6.45) is 6.28. The van der Waals surface area contributed by atoms with Crippen molar-refractivity contribution in [1.29, 1.82) is 0 Å². The van der Waals surface area contributed by atoms with Crippen LogP contribution in [0.25, 0.3) is 0 Å². The number of carbonyl (C=O) groups excluding carboxylic acids is 1. The fraction of sp³-hybridized carbons (Fsp3) is 0.692. The van der Waals surface area contributed by atoms with Crippen molar-refractivity contribution in [3.05, 3.63) is 18.2 Å². The lowest BCUT2D eigenvalue weighted by atomic mass is 10.4. The van der Waals surface area contributed by atoms with Crippen molar-refractivity contribution in [3.8, 4) is 0 Å². The van der Waals surface area contributed by atoms with E-state index in [1.54, 1.807) is 0 Å². The molecule has 1 amide bonds. The SMILES string of the molecule is CCN(CC)C(=O)CNCc1cncn1C1CC1. The van der Waals surface area contributed by atoms with Gasteiger partial charge in [0.2, 0.25) is 5.91 Å². The number of nitrogens with zero attached hydrogens (tertiary/aromatic N) is 3. The number of hydrogen-bond donors (Lipinski definition) is 1. The largest absolute Gasteiger partial charge is 0.342 e. The first-order valence-electron chi connectivity index (χ1n) is 6.75. The number of aromatic nitrogens is 2. The second kappa shape index (κ2) is 6.00. The third-order valence-corrected chi connectivity index (χ3v) is 3.39. The summed E-state index contributed by atoms with van der Waals surface area (Å²) in [4.78, 5) is 17.8. The first-order chi connectivity index (χ1) is 8.76. The molecule has 5 nitrogen and oxygen atoms in total. The predicted molar refractivity (Wildman–Crippen MR) is 70.1 cm³/mol. The van der Waals surface area contributed by atoms with Crippen LogP contribution in [0.4, 0.5) is 0 Å². The summed E-state index contributed by atoms with van der Waals surface area (Å²) in [6, 6.07) is 0.641. The lowest BCUT2D eigenvalue weighted by Gasteiger charge is -2.18. The number of rotatable bonds is 7. The van der Waals surface area contributed by atoms with E-state index in [0.717, 1.165) is 13.1 Å². The molecule has 0 radical (unpaired) electrons. The molecular formula is C13H22N4O. The van der Waals surface area contributed by atoms with Crippen LogP contribution in [0.5, 0.6) is 0 Å². The Kier molecular flexibility index (Phi) is 4.36. The zero-order valence-electron chi connectivity index (χ0n) is 11.2. The summed E-state index contributed by atoms with van der Waals surface area (Å²) in [5.74, 6) is 0.164. The van der Waals surface area contributed by atoms with Crippen LogP contribution in [0.2, 0.25) is 0 Å². The molecule has 0 aliphatic heterocycles. The second-order valence-corrected chi connectivity index (χ2v) is 4.69. The molecule has 1 aliphatic rings. The van der Waals surface area contributed by atoms with E-state index >= 15 is 0 Å². The smallest absolute Gasteiger partial charge is 0.236 e. The van der Waals surface area contributed by atoms with Crippen LogP contribution in [0.1, 0.15) is 38.4 Å². The van der Waals surface area contributed by atoms with Gasteiger partial charge in [0, 0.05) is 31.9 Å². The molecular weight excluding hydrogens is 228 g/mol. The Labute approximate surface area is 108 Å². The molecule has 18 heavy (non-hydrogen) atoms. The number of hydrogen-bond acceptors (Lipinski definition) is 3. The third-order valence-electron chi connectivity index (χ3n) is 3.39. The molecule has 0 saturated heterocycles. The summed E-state index contributed by atoms with van der Waals surface area (Å²) < 4.78 is 2.22. The third kappa shape index (κ3) is 3.10. The number of nitrogens with one attached hydrogen (secondary N) is 1. The zero-order chi connectivity index (χ0) is 13.0. The molecule has 5 heteroatoms. The fourth-order valence-electron chi connectivity index (χ4n) is 2.14. The van der Waals surface area contributed by atoms with Gasteiger partial charge in [-0.15, -0.1) is 0 Å². The molecule has 0 unspecified atom stereocenters. The van der Waals surface area contributed by atoms with E-state index in [0.29, 0.717) is 19.1 Å². The van der Waals surface area contributed by atoms with E-state index in [1.165, 1.54) is 18.5 Å². The molecule has 1 saturated carbocycles. The Balaban J connectivity index is 1.77. The Morgan fingerprint density at radius 3 is 2.83 bits per heavy atom. The van der Waals surface area contributed by atoms with E-state index in [9.17, 15) is 4.79 Å². The normalized spacial score (nSPS) is 14.8. The summed E-state index contributed by atoms with van der Waals surface area (Å²) in [6.45, 7) is 6.67. The minimum atomic E-state index is 0.164. The summed E-state index contributed by atoms with van der Waals surface area (Å²) in [7, 11) is 0. The molecule has 1 aromatic heterocycles. The Morgan fingerprint density at radius 2 is 2.22 bits per heavy atom. The van der Waals surface area contributed by atoms with Crippen LogP contribution in [0.15, 0.2) is 12.5 Å². The van der Waals surface area contributed by atoms with Crippen molar-refractivity contribution in [2.24, 2.45) is 0 Å². The maximum absolute atomic E-state index is 11.8. The summed E-state index contributed by atoms with van der Waals surface area (Å²) >= 11 is 0. The van der Waals surface area contributed by atoms with Gasteiger partial charge < -0.3 is 14.8 Å². The van der Waals surface area contributed by atoms with Crippen LogP contribution in [0.3, 0.4) is 0 Å². The minimum absolute atomic E-state index is 0.164. The van der Waals surface area contributed by atoms with E-state index in [2.05, 4.69) is 14.9 Å². The van der Waals surface area contributed by atoms with E-state index in [-0.39, 0.29) is 5.91 Å². The highest BCUT2D eigenvalue weighted by atomic mass is 16.2. The molecule has 2 rings (SSSR count). The molecule has 1 fully saturated rings. The van der Waals surface area contributed by atoms with Crippen LogP contribution < -0.4 is 5.32 Å². The molecule has 1 aliphatic carbocycles. The van der Waals surface area contributed by atoms with E-state index in [4.69, 9.17) is 0 Å². The summed E-state index contributed by atoms with van der Waals surface area (Å²) in [5, 5.41) is 3.21. The topological polar surface area (TPSA) is 50.2 Å². The minimum Gasteiger partial charge on any atom is -0.342 e. The maximum Gasteiger partial charge on any atom is 0.236 e. The lowest BCUT2D eigenvalue weighted by Crippen LogP contribution is -2.37. The Morgan fingerprint density at radius 1 is 1.50 bits per heavy atom. The standard InChI is InChI=1S/C13H22N4O/c1-3-16(4-2)13(18)9-14-7-12-8-15-10-17(12)11-5-6-11/h8,10-11,14H,3-7,9H2,1-2H3. The highest BCUT2D eigenvalue weighted by Crippen LogP contribution is 2.35. The molecule has 0 aromatic carbocycles. The first kappa shape index (κ1) is 13.1. The van der Waals surface area contributed by atoms with Crippen molar-refractivity contribution < 1.29 is 4.79 Å². The molecule has 100 valence electrons. The van der Waals surface area contributed by atoms with E-state index < -0.39 is 0 Å². The molecule has 0 atom stereocenters. The van der Waals surface area contributed by atoms with Gasteiger partial charge in [-0.3, -0.25) is 4.79 Å². The molecule has 0 bridgehead atoms. The molecule has 1 N–H and O–H groups in total. The van der Waals surface area contributed by atoms with Crippen molar-refractivity contribution in [2.75, 3.05) is 19.6 Å². The predicted octanol–water partition coefficient (Wildman–Crippen LogP) is 1.18. The maximum atomic E-state index is 11.8. The average molecular weight is 250 g/mol. The van der Waals surface area contributed by atoms with Crippen LogP contribution in [0, 0.1) is 0 Å². The highest BCUT2D eigenvalue weighted by molar-refractivity contribution is 5.78. The summed E-state index contributed by atoms with van der Waals surface area (Å²) in [5.41, 5.74) is 1.17. The van der Waals surface area contributed by atoms with Gasteiger partial charge in [0.05, 0.1) is 18.6 Å². The molecule has 0 spiro atoms. The second-order valence-electron chi connectivity index (χ2n) is 4.69. The van der Waals surface area contributed by atoms with E-state index in [1.807, 2.05) is 31.3 Å². The first-order valence-corrected chi connectivity index (χ1v) is 6.75. The van der Waals surface area contributed by atoms with Crippen molar-refractivity contribution in [2.45, 2.75) is 39.3 Å². The van der Waals surface area contributed by atoms with Gasteiger partial charge in [-0.1, -0.05) is 0 Å². The van der Waals surface area contributed by atoms with Gasteiger partial charge in [-0.25, -0.2) is 4.98 Å². The zero-order valence-corrected chi connectivity index (χ0v) is 11.2. The average Bonchev–Trinajstić information content (AvgIpc) is 3.11. The lowest BCUT2D eigenvalue weighted by molar-refractivity contribution is -0.129. The Hall–Kier alpha value is -1.36. The number of imidazole rings is 1.